The molecule has 0 amide bonds. The van der Waals surface area contributed by atoms with Crippen LogP contribution in [0.4, 0.5) is 0 Å². The Morgan fingerprint density at radius 1 is 0.920 bits per heavy atom. The Hall–Kier alpha value is -2.99. The molecule has 0 fully saturated rings. The summed E-state index contributed by atoms with van der Waals surface area (Å²) in [6.45, 7) is 0. The van der Waals surface area contributed by atoms with Gasteiger partial charge in [0.25, 0.3) is 0 Å². The Balaban J connectivity index is 1.58. The molecule has 0 aliphatic carbocycles. The van der Waals surface area contributed by atoms with E-state index in [9.17, 15) is 0 Å². The van der Waals surface area contributed by atoms with Crippen LogP contribution in [0.15, 0.2) is 87.0 Å². The summed E-state index contributed by atoms with van der Waals surface area (Å²) in [6, 6.07) is 21.6. The second-order valence-electron chi connectivity index (χ2n) is 5.32. The van der Waals surface area contributed by atoms with Gasteiger partial charge in [-0.3, -0.25) is 0 Å². The lowest BCUT2D eigenvalue weighted by Crippen LogP contribution is -1.92. The van der Waals surface area contributed by atoms with Gasteiger partial charge in [0.05, 0.1) is 6.21 Å². The lowest BCUT2D eigenvalue weighted by Gasteiger charge is -1.99. The molecule has 4 aromatic rings. The summed E-state index contributed by atoms with van der Waals surface area (Å²) in [6.07, 6.45) is 3.22. The van der Waals surface area contributed by atoms with Gasteiger partial charge < -0.3 is 4.42 Å². The van der Waals surface area contributed by atoms with Crippen molar-refractivity contribution in [2.24, 2.45) is 5.10 Å². The van der Waals surface area contributed by atoms with Crippen molar-refractivity contribution in [1.82, 2.24) is 14.9 Å². The van der Waals surface area contributed by atoms with Crippen LogP contribution in [0.5, 0.6) is 0 Å². The van der Waals surface area contributed by atoms with Crippen LogP contribution in [0.25, 0.3) is 22.7 Å². The molecule has 122 valence electrons. The van der Waals surface area contributed by atoms with Gasteiger partial charge in [0.2, 0.25) is 0 Å². The van der Waals surface area contributed by atoms with Gasteiger partial charge in [0.15, 0.2) is 5.82 Å². The molecule has 2 aromatic heterocycles. The maximum absolute atomic E-state index is 5.83. The van der Waals surface area contributed by atoms with E-state index in [4.69, 9.17) is 4.42 Å². The zero-order valence-corrected chi connectivity index (χ0v) is 14.7. The first-order valence-corrected chi connectivity index (χ1v) is 8.44. The number of aromatic nitrogens is 3. The quantitative estimate of drug-likeness (QED) is 0.466. The minimum atomic E-state index is 0.658. The van der Waals surface area contributed by atoms with Crippen molar-refractivity contribution in [1.29, 1.82) is 0 Å². The molecule has 5 nitrogen and oxygen atoms in total. The fraction of sp³-hybridized carbons (Fsp3) is 0. The van der Waals surface area contributed by atoms with E-state index in [1.54, 1.807) is 17.2 Å². The molecule has 0 atom stereocenters. The number of hydrogen-bond donors (Lipinski definition) is 0. The van der Waals surface area contributed by atoms with Gasteiger partial charge in [0, 0.05) is 15.6 Å². The molecule has 4 rings (SSSR count). The zero-order valence-electron chi connectivity index (χ0n) is 13.1. The monoisotopic (exact) mass is 392 g/mol. The summed E-state index contributed by atoms with van der Waals surface area (Å²) in [5.41, 5.74) is 1.96. The molecule has 0 spiro atoms. The number of hydrogen-bond acceptors (Lipinski definition) is 4. The van der Waals surface area contributed by atoms with Crippen LogP contribution in [0, 0.1) is 0 Å². The smallest absolute Gasteiger partial charge is 0.184 e. The third-order valence-corrected chi connectivity index (χ3v) is 4.16. The van der Waals surface area contributed by atoms with Crippen molar-refractivity contribution in [2.45, 2.75) is 0 Å². The molecule has 0 saturated heterocycles. The number of halogens is 1. The first kappa shape index (κ1) is 15.5. The third kappa shape index (κ3) is 3.44. The highest BCUT2D eigenvalue weighted by atomic mass is 79.9. The Morgan fingerprint density at radius 2 is 1.72 bits per heavy atom. The van der Waals surface area contributed by atoms with Crippen molar-refractivity contribution in [3.05, 3.63) is 83.3 Å². The third-order valence-electron chi connectivity index (χ3n) is 3.63. The topological polar surface area (TPSA) is 56.2 Å². The fourth-order valence-corrected chi connectivity index (χ4v) is 2.67. The zero-order chi connectivity index (χ0) is 17.1. The van der Waals surface area contributed by atoms with Crippen molar-refractivity contribution in [3.63, 3.8) is 0 Å². The molecule has 0 aliphatic heterocycles. The molecule has 2 heterocycles. The summed E-state index contributed by atoms with van der Waals surface area (Å²) in [5.74, 6) is 2.13. The highest BCUT2D eigenvalue weighted by Crippen LogP contribution is 2.23. The molecule has 2 aromatic carbocycles. The maximum Gasteiger partial charge on any atom is 0.184 e. The average molecular weight is 393 g/mol. The fourth-order valence-electron chi connectivity index (χ4n) is 2.40. The van der Waals surface area contributed by atoms with Gasteiger partial charge in [-0.05, 0) is 24.3 Å². The SMILES string of the molecule is Brc1ccc(-c2ccc(/C=N\n3cnnc3-c3ccccc3)o2)cc1. The summed E-state index contributed by atoms with van der Waals surface area (Å²) in [4.78, 5) is 0. The van der Waals surface area contributed by atoms with Crippen LogP contribution in [-0.2, 0) is 0 Å². The van der Waals surface area contributed by atoms with E-state index >= 15 is 0 Å². The molecule has 0 saturated carbocycles. The predicted molar refractivity (Wildman–Crippen MR) is 100 cm³/mol. The Kier molecular flexibility index (Phi) is 4.26. The highest BCUT2D eigenvalue weighted by Gasteiger charge is 2.06. The Bertz CT molecular complexity index is 1000. The molecule has 0 radical (unpaired) electrons. The standard InChI is InChI=1S/C19H13BrN4O/c20-16-8-6-14(7-9-16)18-11-10-17(25-18)12-22-24-13-21-23-19(24)15-4-2-1-3-5-15/h1-13H/b22-12-. The van der Waals surface area contributed by atoms with Crippen molar-refractivity contribution in [3.8, 4) is 22.7 Å². The lowest BCUT2D eigenvalue weighted by atomic mass is 10.2. The largest absolute Gasteiger partial charge is 0.455 e. The Labute approximate surface area is 152 Å². The molecular weight excluding hydrogens is 380 g/mol. The van der Waals surface area contributed by atoms with Crippen LogP contribution in [-0.4, -0.2) is 21.1 Å². The number of furan rings is 1. The Morgan fingerprint density at radius 3 is 2.52 bits per heavy atom. The van der Waals surface area contributed by atoms with Gasteiger partial charge in [0.1, 0.15) is 17.8 Å². The van der Waals surface area contributed by atoms with E-state index in [1.165, 1.54) is 0 Å². The summed E-state index contributed by atoms with van der Waals surface area (Å²) >= 11 is 3.43. The van der Waals surface area contributed by atoms with Gasteiger partial charge >= 0.3 is 0 Å². The van der Waals surface area contributed by atoms with Crippen LogP contribution < -0.4 is 0 Å². The first-order valence-electron chi connectivity index (χ1n) is 7.65. The van der Waals surface area contributed by atoms with Crippen molar-refractivity contribution < 1.29 is 4.42 Å². The molecule has 0 N–H and O–H groups in total. The second-order valence-corrected chi connectivity index (χ2v) is 6.23. The van der Waals surface area contributed by atoms with E-state index in [1.807, 2.05) is 66.7 Å². The molecule has 0 unspecified atom stereocenters. The minimum absolute atomic E-state index is 0.658. The second kappa shape index (κ2) is 6.86. The number of benzene rings is 2. The normalized spacial score (nSPS) is 11.2. The van der Waals surface area contributed by atoms with Crippen LogP contribution >= 0.6 is 15.9 Å². The van der Waals surface area contributed by atoms with Crippen LogP contribution in [0.1, 0.15) is 5.76 Å². The van der Waals surface area contributed by atoms with Crippen molar-refractivity contribution in [2.75, 3.05) is 0 Å². The summed E-state index contributed by atoms with van der Waals surface area (Å²) in [7, 11) is 0. The first-order chi connectivity index (χ1) is 12.3. The summed E-state index contributed by atoms with van der Waals surface area (Å²) in [5, 5.41) is 12.5. The average Bonchev–Trinajstić information content (AvgIpc) is 3.31. The molecular formula is C19H13BrN4O. The van der Waals surface area contributed by atoms with Gasteiger partial charge in [-0.25, -0.2) is 0 Å². The molecule has 6 heteroatoms. The maximum atomic E-state index is 5.83. The van der Waals surface area contributed by atoms with Crippen molar-refractivity contribution >= 4 is 22.1 Å². The molecule has 0 bridgehead atoms. The van der Waals surface area contributed by atoms with Crippen LogP contribution in [0.3, 0.4) is 0 Å². The number of rotatable bonds is 4. The van der Waals surface area contributed by atoms with Gasteiger partial charge in [-0.1, -0.05) is 58.4 Å². The van der Waals surface area contributed by atoms with E-state index in [0.29, 0.717) is 11.6 Å². The summed E-state index contributed by atoms with van der Waals surface area (Å²) < 4.78 is 8.49. The van der Waals surface area contributed by atoms with E-state index in [0.717, 1.165) is 21.4 Å². The van der Waals surface area contributed by atoms with Gasteiger partial charge in [-0.2, -0.15) is 9.78 Å². The number of nitrogens with zero attached hydrogens (tertiary/aromatic N) is 4. The highest BCUT2D eigenvalue weighted by molar-refractivity contribution is 9.10. The lowest BCUT2D eigenvalue weighted by molar-refractivity contribution is 0.574. The molecule has 0 aliphatic rings. The van der Waals surface area contributed by atoms with E-state index in [2.05, 4.69) is 31.2 Å². The minimum Gasteiger partial charge on any atom is -0.455 e. The van der Waals surface area contributed by atoms with Gasteiger partial charge in [-0.15, -0.1) is 10.2 Å². The molecule has 25 heavy (non-hydrogen) atoms. The predicted octanol–water partition coefficient (Wildman–Crippen LogP) is 4.85. The van der Waals surface area contributed by atoms with E-state index in [-0.39, 0.29) is 0 Å². The van der Waals surface area contributed by atoms with E-state index < -0.39 is 0 Å². The van der Waals surface area contributed by atoms with Crippen LogP contribution in [0.2, 0.25) is 0 Å².